The summed E-state index contributed by atoms with van der Waals surface area (Å²) >= 11 is 2.63. The fourth-order valence-electron chi connectivity index (χ4n) is 3.13. The average molecular weight is 514 g/mol. The quantitative estimate of drug-likeness (QED) is 0.347. The Bertz CT molecular complexity index is 1380. The van der Waals surface area contributed by atoms with Crippen molar-refractivity contribution < 1.29 is 13.2 Å². The number of nitrogens with zero attached hydrogens (tertiary/aromatic N) is 4. The van der Waals surface area contributed by atoms with Gasteiger partial charge in [0.1, 0.15) is 5.75 Å². The predicted octanol–water partition coefficient (Wildman–Crippen LogP) is 4.43. The van der Waals surface area contributed by atoms with E-state index in [0.717, 1.165) is 10.6 Å². The standard InChI is InChI=1S/C23H23N5O3S3/c1-15-16(2)32-22(24-15)25-21(29)17(3)33-23-27-26-20(28(23)18-10-6-4-7-11-18)14-34(30,31)19-12-8-5-9-13-19/h4-13,17H,14H2,1-3H3,(H,24,25,29). The fraction of sp³-hybridized carbons (Fsp3) is 0.217. The molecule has 34 heavy (non-hydrogen) atoms. The minimum Gasteiger partial charge on any atom is -0.301 e. The number of aromatic nitrogens is 4. The van der Waals surface area contributed by atoms with E-state index in [2.05, 4.69) is 20.5 Å². The molecule has 0 aliphatic heterocycles. The first kappa shape index (κ1) is 24.1. The molecule has 2 aromatic carbocycles. The van der Waals surface area contributed by atoms with Crippen LogP contribution in [0.25, 0.3) is 5.69 Å². The van der Waals surface area contributed by atoms with Crippen molar-refractivity contribution in [1.82, 2.24) is 19.7 Å². The third kappa shape index (κ3) is 5.37. The number of carbonyl (C=O) groups is 1. The molecule has 0 bridgehead atoms. The molecule has 1 amide bonds. The van der Waals surface area contributed by atoms with Gasteiger partial charge in [-0.05, 0) is 45.0 Å². The average Bonchev–Trinajstić information content (AvgIpc) is 3.35. The van der Waals surface area contributed by atoms with Crippen LogP contribution in [0.3, 0.4) is 0 Å². The number of hydrogen-bond acceptors (Lipinski definition) is 8. The Morgan fingerprint density at radius 1 is 1.06 bits per heavy atom. The smallest absolute Gasteiger partial charge is 0.239 e. The highest BCUT2D eigenvalue weighted by Crippen LogP contribution is 2.29. The van der Waals surface area contributed by atoms with Crippen LogP contribution in [0.4, 0.5) is 5.13 Å². The van der Waals surface area contributed by atoms with Crippen molar-refractivity contribution in [3.8, 4) is 5.69 Å². The molecule has 1 N–H and O–H groups in total. The Labute approximate surface area is 206 Å². The monoisotopic (exact) mass is 513 g/mol. The molecule has 0 saturated carbocycles. The van der Waals surface area contributed by atoms with E-state index in [1.165, 1.54) is 23.1 Å². The summed E-state index contributed by atoms with van der Waals surface area (Å²) in [6.45, 7) is 5.61. The Morgan fingerprint density at radius 3 is 2.32 bits per heavy atom. The molecule has 11 heteroatoms. The second-order valence-corrected chi connectivity index (χ2v) is 12.1. The van der Waals surface area contributed by atoms with Crippen molar-refractivity contribution in [2.75, 3.05) is 5.32 Å². The maximum atomic E-state index is 13.0. The lowest BCUT2D eigenvalue weighted by Gasteiger charge is -2.13. The zero-order chi connectivity index (χ0) is 24.3. The lowest BCUT2D eigenvalue weighted by Crippen LogP contribution is -2.23. The van der Waals surface area contributed by atoms with Gasteiger partial charge in [0.2, 0.25) is 5.91 Å². The van der Waals surface area contributed by atoms with Crippen LogP contribution < -0.4 is 5.32 Å². The molecule has 0 saturated heterocycles. The summed E-state index contributed by atoms with van der Waals surface area (Å²) in [5, 5.41) is 11.7. The van der Waals surface area contributed by atoms with Gasteiger partial charge in [0.25, 0.3) is 0 Å². The summed E-state index contributed by atoms with van der Waals surface area (Å²) < 4.78 is 27.7. The fourth-order valence-corrected chi connectivity index (χ4v) is 6.10. The number of anilines is 1. The Morgan fingerprint density at radius 2 is 1.71 bits per heavy atom. The SMILES string of the molecule is Cc1nc(NC(=O)C(C)Sc2nnc(CS(=O)(=O)c3ccccc3)n2-c2ccccc2)sc1C. The Kier molecular flexibility index (Phi) is 7.15. The van der Waals surface area contributed by atoms with Gasteiger partial charge in [-0.25, -0.2) is 13.4 Å². The second-order valence-electron chi connectivity index (χ2n) is 7.55. The third-order valence-corrected chi connectivity index (χ3v) is 8.71. The topological polar surface area (TPSA) is 107 Å². The van der Waals surface area contributed by atoms with Crippen LogP contribution in [-0.4, -0.2) is 39.3 Å². The van der Waals surface area contributed by atoms with E-state index in [4.69, 9.17) is 0 Å². The number of thioether (sulfide) groups is 1. The summed E-state index contributed by atoms with van der Waals surface area (Å²) in [5.74, 6) is -0.270. The zero-order valence-corrected chi connectivity index (χ0v) is 21.2. The largest absolute Gasteiger partial charge is 0.301 e. The van der Waals surface area contributed by atoms with Crippen LogP contribution in [0.2, 0.25) is 0 Å². The van der Waals surface area contributed by atoms with Crippen LogP contribution in [0.15, 0.2) is 70.7 Å². The van der Waals surface area contributed by atoms with E-state index in [-0.39, 0.29) is 22.4 Å². The number of sulfone groups is 1. The highest BCUT2D eigenvalue weighted by molar-refractivity contribution is 8.00. The molecule has 2 heterocycles. The Balaban J connectivity index is 1.61. The van der Waals surface area contributed by atoms with E-state index < -0.39 is 15.1 Å². The normalized spacial score (nSPS) is 12.4. The van der Waals surface area contributed by atoms with Crippen LogP contribution in [0.5, 0.6) is 0 Å². The highest BCUT2D eigenvalue weighted by Gasteiger charge is 2.25. The number of para-hydroxylation sites is 1. The molecule has 0 aliphatic carbocycles. The number of carbonyl (C=O) groups excluding carboxylic acids is 1. The first-order valence-corrected chi connectivity index (χ1v) is 13.8. The summed E-state index contributed by atoms with van der Waals surface area (Å²) in [6.07, 6.45) is 0. The van der Waals surface area contributed by atoms with Crippen LogP contribution in [-0.2, 0) is 20.4 Å². The number of hydrogen-bond donors (Lipinski definition) is 1. The van der Waals surface area contributed by atoms with E-state index in [0.29, 0.717) is 16.0 Å². The minimum absolute atomic E-state index is 0.216. The van der Waals surface area contributed by atoms with Gasteiger partial charge in [-0.1, -0.05) is 48.2 Å². The van der Waals surface area contributed by atoms with Gasteiger partial charge in [0.05, 0.1) is 15.8 Å². The number of benzene rings is 2. The van der Waals surface area contributed by atoms with Crippen molar-refractivity contribution in [3.05, 3.63) is 77.1 Å². The van der Waals surface area contributed by atoms with Crippen molar-refractivity contribution in [1.29, 1.82) is 0 Å². The summed E-state index contributed by atoms with van der Waals surface area (Å²) in [6, 6.07) is 17.5. The molecule has 4 rings (SSSR count). The summed E-state index contributed by atoms with van der Waals surface area (Å²) in [7, 11) is -3.64. The van der Waals surface area contributed by atoms with Gasteiger partial charge in [-0.15, -0.1) is 21.5 Å². The maximum Gasteiger partial charge on any atom is 0.239 e. The third-order valence-electron chi connectivity index (χ3n) is 5.05. The molecule has 176 valence electrons. The molecule has 0 spiro atoms. The van der Waals surface area contributed by atoms with Crippen molar-refractivity contribution in [3.63, 3.8) is 0 Å². The molecule has 8 nitrogen and oxygen atoms in total. The first-order chi connectivity index (χ1) is 16.2. The molecular formula is C23H23N5O3S3. The predicted molar refractivity (Wildman–Crippen MR) is 134 cm³/mol. The van der Waals surface area contributed by atoms with Crippen molar-refractivity contribution in [2.24, 2.45) is 0 Å². The number of thiazole rings is 1. The van der Waals surface area contributed by atoms with E-state index in [1.807, 2.05) is 44.2 Å². The van der Waals surface area contributed by atoms with E-state index >= 15 is 0 Å². The van der Waals surface area contributed by atoms with Crippen LogP contribution in [0, 0.1) is 13.8 Å². The van der Waals surface area contributed by atoms with E-state index in [1.54, 1.807) is 41.8 Å². The molecule has 1 atom stereocenters. The number of aryl methyl sites for hydroxylation is 2. The van der Waals surface area contributed by atoms with Crippen molar-refractivity contribution >= 4 is 44.0 Å². The molecule has 0 fully saturated rings. The zero-order valence-electron chi connectivity index (χ0n) is 18.8. The van der Waals surface area contributed by atoms with Gasteiger partial charge < -0.3 is 5.32 Å². The Hall–Kier alpha value is -3.02. The number of amides is 1. The summed E-state index contributed by atoms with van der Waals surface area (Å²) in [4.78, 5) is 18.4. The van der Waals surface area contributed by atoms with Gasteiger partial charge >= 0.3 is 0 Å². The molecule has 0 radical (unpaired) electrons. The second kappa shape index (κ2) is 10.1. The molecule has 4 aromatic rings. The highest BCUT2D eigenvalue weighted by atomic mass is 32.2. The summed E-state index contributed by atoms with van der Waals surface area (Å²) in [5.41, 5.74) is 1.60. The van der Waals surface area contributed by atoms with Gasteiger partial charge in [0.15, 0.2) is 25.9 Å². The van der Waals surface area contributed by atoms with Gasteiger partial charge in [0, 0.05) is 10.6 Å². The molecule has 2 aromatic heterocycles. The van der Waals surface area contributed by atoms with Crippen molar-refractivity contribution in [2.45, 2.75) is 41.8 Å². The molecule has 1 unspecified atom stereocenters. The first-order valence-electron chi connectivity index (χ1n) is 10.4. The lowest BCUT2D eigenvalue weighted by molar-refractivity contribution is -0.115. The minimum atomic E-state index is -3.64. The number of rotatable bonds is 8. The van der Waals surface area contributed by atoms with Gasteiger partial charge in [-0.2, -0.15) is 0 Å². The van der Waals surface area contributed by atoms with Crippen LogP contribution in [0.1, 0.15) is 23.3 Å². The number of nitrogens with one attached hydrogen (secondary N) is 1. The molecular weight excluding hydrogens is 490 g/mol. The van der Waals surface area contributed by atoms with E-state index in [9.17, 15) is 13.2 Å². The maximum absolute atomic E-state index is 13.0. The van der Waals surface area contributed by atoms with Gasteiger partial charge in [-0.3, -0.25) is 9.36 Å². The molecule has 0 aliphatic rings. The lowest BCUT2D eigenvalue weighted by atomic mass is 10.3. The van der Waals surface area contributed by atoms with Crippen LogP contribution >= 0.6 is 23.1 Å².